The lowest BCUT2D eigenvalue weighted by atomic mass is 10.1. The maximum atomic E-state index is 10.6. The maximum absolute atomic E-state index is 10.6. The first-order chi connectivity index (χ1) is 9.35. The molecule has 1 amide bonds. The van der Waals surface area contributed by atoms with Crippen molar-refractivity contribution in [2.75, 3.05) is 5.32 Å². The second-order valence-electron chi connectivity index (χ2n) is 4.66. The van der Waals surface area contributed by atoms with Gasteiger partial charge in [0, 0.05) is 34.0 Å². The number of nitrogens with zero attached hydrogens (tertiary/aromatic N) is 1. The quantitative estimate of drug-likeness (QED) is 0.704. The Kier molecular flexibility index (Phi) is 2.95. The van der Waals surface area contributed by atoms with E-state index in [0.29, 0.717) is 6.41 Å². The van der Waals surface area contributed by atoms with Gasteiger partial charge in [-0.2, -0.15) is 0 Å². The molecule has 0 aliphatic rings. The normalized spacial score (nSPS) is 11.0. The van der Waals surface area contributed by atoms with Crippen molar-refractivity contribution in [3.05, 3.63) is 42.5 Å². The molecule has 0 fully saturated rings. The van der Waals surface area contributed by atoms with Crippen molar-refractivity contribution >= 4 is 33.9 Å². The zero-order valence-corrected chi connectivity index (χ0v) is 10.9. The van der Waals surface area contributed by atoms with Crippen molar-refractivity contribution in [1.82, 2.24) is 4.57 Å². The first-order valence-corrected chi connectivity index (χ1v) is 6.56. The Morgan fingerprint density at radius 3 is 2.68 bits per heavy atom. The molecule has 3 rings (SSSR count). The summed E-state index contributed by atoms with van der Waals surface area (Å²) in [4.78, 5) is 10.6. The highest BCUT2D eigenvalue weighted by atomic mass is 16.1. The standard InChI is InChI=1S/C16H16N2O/c1-2-9-18-15-6-4-3-5-13(15)14-10-12(17-11-19)7-8-16(14)18/h3-8,10-11H,2,9H2,1H3,(H,17,19). The maximum Gasteiger partial charge on any atom is 0.211 e. The van der Waals surface area contributed by atoms with Crippen LogP contribution in [0.25, 0.3) is 21.8 Å². The van der Waals surface area contributed by atoms with Gasteiger partial charge in [-0.25, -0.2) is 0 Å². The summed E-state index contributed by atoms with van der Waals surface area (Å²) in [6.45, 7) is 3.19. The fraction of sp³-hybridized carbons (Fsp3) is 0.188. The van der Waals surface area contributed by atoms with E-state index in [0.717, 1.165) is 18.7 Å². The first-order valence-electron chi connectivity index (χ1n) is 6.56. The Morgan fingerprint density at radius 1 is 1.11 bits per heavy atom. The third-order valence-corrected chi connectivity index (χ3v) is 3.45. The monoisotopic (exact) mass is 252 g/mol. The molecule has 0 bridgehead atoms. The average Bonchev–Trinajstić information content (AvgIpc) is 2.75. The van der Waals surface area contributed by atoms with Crippen LogP contribution >= 0.6 is 0 Å². The summed E-state index contributed by atoms with van der Waals surface area (Å²) < 4.78 is 2.34. The number of aryl methyl sites for hydroxylation is 1. The second-order valence-corrected chi connectivity index (χ2v) is 4.66. The minimum atomic E-state index is 0.715. The number of hydrogen-bond donors (Lipinski definition) is 1. The molecule has 0 unspecified atom stereocenters. The van der Waals surface area contributed by atoms with Crippen molar-refractivity contribution in [2.24, 2.45) is 0 Å². The Bertz CT molecular complexity index is 743. The number of hydrogen-bond acceptors (Lipinski definition) is 1. The largest absolute Gasteiger partial charge is 0.340 e. The number of carbonyl (C=O) groups is 1. The van der Waals surface area contributed by atoms with E-state index in [-0.39, 0.29) is 0 Å². The Labute approximate surface area is 111 Å². The highest BCUT2D eigenvalue weighted by Crippen LogP contribution is 2.31. The molecule has 1 heterocycles. The van der Waals surface area contributed by atoms with E-state index in [2.05, 4.69) is 47.1 Å². The third kappa shape index (κ3) is 1.87. The summed E-state index contributed by atoms with van der Waals surface area (Å²) in [5, 5.41) is 5.14. The molecule has 0 aliphatic carbocycles. The van der Waals surface area contributed by atoms with Gasteiger partial charge in [-0.1, -0.05) is 25.1 Å². The van der Waals surface area contributed by atoms with Crippen LogP contribution in [0.4, 0.5) is 5.69 Å². The minimum absolute atomic E-state index is 0.715. The number of amides is 1. The summed E-state index contributed by atoms with van der Waals surface area (Å²) in [6.07, 6.45) is 1.81. The lowest BCUT2D eigenvalue weighted by Gasteiger charge is -2.05. The molecule has 0 saturated heterocycles. The van der Waals surface area contributed by atoms with Crippen molar-refractivity contribution in [3.8, 4) is 0 Å². The van der Waals surface area contributed by atoms with E-state index < -0.39 is 0 Å². The number of anilines is 1. The van der Waals surface area contributed by atoms with Crippen LogP contribution in [0.2, 0.25) is 0 Å². The van der Waals surface area contributed by atoms with E-state index in [1.165, 1.54) is 21.8 Å². The fourth-order valence-electron chi connectivity index (χ4n) is 2.68. The summed E-state index contributed by atoms with van der Waals surface area (Å²) in [5.74, 6) is 0. The SMILES string of the molecule is CCCn1c2ccccc2c2cc(NC=O)ccc21. The summed E-state index contributed by atoms with van der Waals surface area (Å²) in [5.41, 5.74) is 3.31. The van der Waals surface area contributed by atoms with Gasteiger partial charge in [0.2, 0.25) is 6.41 Å². The lowest BCUT2D eigenvalue weighted by molar-refractivity contribution is -0.105. The average molecular weight is 252 g/mol. The van der Waals surface area contributed by atoms with Gasteiger partial charge in [-0.15, -0.1) is 0 Å². The third-order valence-electron chi connectivity index (χ3n) is 3.45. The van der Waals surface area contributed by atoms with E-state index in [1.54, 1.807) is 0 Å². The van der Waals surface area contributed by atoms with E-state index in [4.69, 9.17) is 0 Å². The van der Waals surface area contributed by atoms with Crippen molar-refractivity contribution in [2.45, 2.75) is 19.9 Å². The van der Waals surface area contributed by atoms with Gasteiger partial charge < -0.3 is 9.88 Å². The molecule has 3 nitrogen and oxygen atoms in total. The van der Waals surface area contributed by atoms with Crippen LogP contribution < -0.4 is 5.32 Å². The number of carbonyl (C=O) groups excluding carboxylic acids is 1. The molecule has 0 aliphatic heterocycles. The molecular weight excluding hydrogens is 236 g/mol. The molecule has 0 saturated carbocycles. The number of rotatable bonds is 4. The van der Waals surface area contributed by atoms with Crippen LogP contribution in [0.5, 0.6) is 0 Å². The summed E-state index contributed by atoms with van der Waals surface area (Å²) in [6, 6.07) is 14.5. The molecule has 0 atom stereocenters. The van der Waals surface area contributed by atoms with Crippen LogP contribution in [0.1, 0.15) is 13.3 Å². The molecule has 3 heteroatoms. The van der Waals surface area contributed by atoms with Gasteiger partial charge in [0.1, 0.15) is 0 Å². The zero-order chi connectivity index (χ0) is 13.2. The van der Waals surface area contributed by atoms with E-state index in [9.17, 15) is 4.79 Å². The highest BCUT2D eigenvalue weighted by Gasteiger charge is 2.09. The van der Waals surface area contributed by atoms with Crippen molar-refractivity contribution in [3.63, 3.8) is 0 Å². The second kappa shape index (κ2) is 4.76. The van der Waals surface area contributed by atoms with Crippen LogP contribution in [0.3, 0.4) is 0 Å². The number of aromatic nitrogens is 1. The summed E-state index contributed by atoms with van der Waals surface area (Å²) in [7, 11) is 0. The smallest absolute Gasteiger partial charge is 0.211 e. The van der Waals surface area contributed by atoms with Gasteiger partial charge >= 0.3 is 0 Å². The number of para-hydroxylation sites is 1. The highest BCUT2D eigenvalue weighted by molar-refractivity contribution is 6.09. The van der Waals surface area contributed by atoms with Crippen molar-refractivity contribution in [1.29, 1.82) is 0 Å². The molecular formula is C16H16N2O. The molecule has 19 heavy (non-hydrogen) atoms. The van der Waals surface area contributed by atoms with Gasteiger partial charge in [0.25, 0.3) is 0 Å². The minimum Gasteiger partial charge on any atom is -0.340 e. The van der Waals surface area contributed by atoms with Gasteiger partial charge in [-0.3, -0.25) is 4.79 Å². The fourth-order valence-corrected chi connectivity index (χ4v) is 2.68. The number of benzene rings is 2. The van der Waals surface area contributed by atoms with Crippen LogP contribution in [0, 0.1) is 0 Å². The topological polar surface area (TPSA) is 34.0 Å². The number of nitrogens with one attached hydrogen (secondary N) is 1. The molecule has 2 aromatic carbocycles. The Morgan fingerprint density at radius 2 is 1.89 bits per heavy atom. The summed E-state index contributed by atoms with van der Waals surface area (Å²) >= 11 is 0. The van der Waals surface area contributed by atoms with Gasteiger partial charge in [0.05, 0.1) is 0 Å². The van der Waals surface area contributed by atoms with Gasteiger partial charge in [-0.05, 0) is 30.7 Å². The Balaban J connectivity index is 2.34. The molecule has 0 spiro atoms. The Hall–Kier alpha value is -2.29. The molecule has 0 radical (unpaired) electrons. The van der Waals surface area contributed by atoms with Crippen molar-refractivity contribution < 1.29 is 4.79 Å². The van der Waals surface area contributed by atoms with Crippen LogP contribution in [0.15, 0.2) is 42.5 Å². The molecule has 96 valence electrons. The zero-order valence-electron chi connectivity index (χ0n) is 10.9. The first kappa shape index (κ1) is 11.8. The predicted octanol–water partition coefficient (Wildman–Crippen LogP) is 3.77. The van der Waals surface area contributed by atoms with E-state index >= 15 is 0 Å². The van der Waals surface area contributed by atoms with Crippen LogP contribution in [-0.4, -0.2) is 11.0 Å². The van der Waals surface area contributed by atoms with Gasteiger partial charge in [0.15, 0.2) is 0 Å². The molecule has 1 aromatic heterocycles. The van der Waals surface area contributed by atoms with E-state index in [1.807, 2.05) is 12.1 Å². The van der Waals surface area contributed by atoms with Crippen LogP contribution in [-0.2, 0) is 11.3 Å². The lowest BCUT2D eigenvalue weighted by Crippen LogP contribution is -1.96. The molecule has 3 aromatic rings. The predicted molar refractivity (Wildman–Crippen MR) is 79.4 cm³/mol. The number of fused-ring (bicyclic) bond motifs is 3. The molecule has 1 N–H and O–H groups in total.